The molecule has 27 heavy (non-hydrogen) atoms. The van der Waals surface area contributed by atoms with Gasteiger partial charge in [-0.15, -0.1) is 11.3 Å². The van der Waals surface area contributed by atoms with Crippen molar-refractivity contribution in [3.63, 3.8) is 0 Å². The van der Waals surface area contributed by atoms with Crippen LogP contribution in [0.15, 0.2) is 57.5 Å². The summed E-state index contributed by atoms with van der Waals surface area (Å²) in [4.78, 5) is 12.0. The lowest BCUT2D eigenvalue weighted by atomic mass is 10.1. The van der Waals surface area contributed by atoms with Gasteiger partial charge in [0.25, 0.3) is 5.56 Å². The third-order valence-corrected chi connectivity index (χ3v) is 6.84. The van der Waals surface area contributed by atoms with Crippen LogP contribution in [0.2, 0.25) is 4.34 Å². The molecule has 0 aliphatic heterocycles. The van der Waals surface area contributed by atoms with Crippen LogP contribution in [-0.4, -0.2) is 24.7 Å². The summed E-state index contributed by atoms with van der Waals surface area (Å²) in [7, 11) is -3.62. The lowest BCUT2D eigenvalue weighted by Gasteiger charge is -2.08. The Labute approximate surface area is 164 Å². The van der Waals surface area contributed by atoms with Crippen LogP contribution in [0.25, 0.3) is 11.3 Å². The Balaban J connectivity index is 1.63. The van der Waals surface area contributed by atoms with Gasteiger partial charge in [0, 0.05) is 24.7 Å². The molecule has 0 amide bonds. The van der Waals surface area contributed by atoms with E-state index < -0.39 is 10.0 Å². The van der Waals surface area contributed by atoms with Gasteiger partial charge < -0.3 is 0 Å². The van der Waals surface area contributed by atoms with Crippen LogP contribution in [0.1, 0.15) is 6.42 Å². The molecular formula is C17H15ClFN3O3S2. The SMILES string of the molecule is O=c1ccc(-c2ccc(F)cc2)nn1CCCNS(=O)(=O)c1ccc(Cl)s1. The summed E-state index contributed by atoms with van der Waals surface area (Å²) in [5.41, 5.74) is 0.914. The number of nitrogens with one attached hydrogen (secondary N) is 1. The number of hydrogen-bond donors (Lipinski definition) is 1. The number of hydrogen-bond acceptors (Lipinski definition) is 5. The second-order valence-corrected chi connectivity index (χ2v) is 9.31. The summed E-state index contributed by atoms with van der Waals surface area (Å²) in [5.74, 6) is -0.355. The number of rotatable bonds is 7. The highest BCUT2D eigenvalue weighted by molar-refractivity contribution is 7.91. The number of aromatic nitrogens is 2. The Morgan fingerprint density at radius 1 is 1.11 bits per heavy atom. The predicted octanol–water partition coefficient (Wildman–Crippen LogP) is 3.13. The molecule has 1 N–H and O–H groups in total. The van der Waals surface area contributed by atoms with E-state index in [1.54, 1.807) is 18.2 Å². The highest BCUT2D eigenvalue weighted by Crippen LogP contribution is 2.25. The van der Waals surface area contributed by atoms with Crippen LogP contribution in [0, 0.1) is 5.82 Å². The maximum Gasteiger partial charge on any atom is 0.266 e. The van der Waals surface area contributed by atoms with Gasteiger partial charge in [0.15, 0.2) is 0 Å². The van der Waals surface area contributed by atoms with E-state index in [1.165, 1.54) is 35.0 Å². The molecular weight excluding hydrogens is 413 g/mol. The van der Waals surface area contributed by atoms with Crippen LogP contribution in [-0.2, 0) is 16.6 Å². The largest absolute Gasteiger partial charge is 0.268 e. The Morgan fingerprint density at radius 3 is 2.52 bits per heavy atom. The van der Waals surface area contributed by atoms with Crippen molar-refractivity contribution in [2.75, 3.05) is 6.54 Å². The average Bonchev–Trinajstić information content (AvgIpc) is 3.08. The van der Waals surface area contributed by atoms with Gasteiger partial charge in [0.05, 0.1) is 10.0 Å². The van der Waals surface area contributed by atoms with E-state index in [-0.39, 0.29) is 28.7 Å². The predicted molar refractivity (Wildman–Crippen MR) is 103 cm³/mol. The van der Waals surface area contributed by atoms with Crippen molar-refractivity contribution >= 4 is 33.0 Å². The molecule has 0 saturated heterocycles. The van der Waals surface area contributed by atoms with Crippen molar-refractivity contribution < 1.29 is 12.8 Å². The van der Waals surface area contributed by atoms with E-state index in [4.69, 9.17) is 11.6 Å². The third-order valence-electron chi connectivity index (χ3n) is 3.66. The fraction of sp³-hybridized carbons (Fsp3) is 0.176. The summed E-state index contributed by atoms with van der Waals surface area (Å²) in [6.45, 7) is 0.383. The minimum Gasteiger partial charge on any atom is -0.268 e. The van der Waals surface area contributed by atoms with E-state index in [0.29, 0.717) is 22.0 Å². The Hall–Kier alpha value is -2.07. The van der Waals surface area contributed by atoms with Crippen LogP contribution in [0.5, 0.6) is 0 Å². The van der Waals surface area contributed by atoms with Crippen LogP contribution in [0.4, 0.5) is 4.39 Å². The Kier molecular flexibility index (Phi) is 6.05. The minimum atomic E-state index is -3.62. The van der Waals surface area contributed by atoms with Crippen LogP contribution >= 0.6 is 22.9 Å². The third kappa shape index (κ3) is 5.01. The summed E-state index contributed by atoms with van der Waals surface area (Å²) in [6.07, 6.45) is 0.373. The summed E-state index contributed by atoms with van der Waals surface area (Å²) >= 11 is 6.73. The van der Waals surface area contributed by atoms with Crippen molar-refractivity contribution in [1.29, 1.82) is 0 Å². The molecule has 6 nitrogen and oxygen atoms in total. The van der Waals surface area contributed by atoms with Crippen LogP contribution in [0.3, 0.4) is 0 Å². The minimum absolute atomic E-state index is 0.140. The summed E-state index contributed by atoms with van der Waals surface area (Å²) in [5, 5.41) is 4.26. The maximum atomic E-state index is 13.0. The highest BCUT2D eigenvalue weighted by Gasteiger charge is 2.15. The average molecular weight is 428 g/mol. The molecule has 0 bridgehead atoms. The Bertz CT molecular complexity index is 1100. The molecule has 0 aliphatic rings. The molecule has 3 rings (SSSR count). The number of thiophene rings is 1. The summed E-state index contributed by atoms with van der Waals surface area (Å²) < 4.78 is 41.5. The zero-order valence-electron chi connectivity index (χ0n) is 13.9. The molecule has 1 aromatic carbocycles. The molecule has 0 unspecified atom stereocenters. The van der Waals surface area contributed by atoms with Crippen molar-refractivity contribution in [3.8, 4) is 11.3 Å². The van der Waals surface area contributed by atoms with E-state index in [2.05, 4.69) is 9.82 Å². The van der Waals surface area contributed by atoms with Crippen molar-refractivity contribution in [3.05, 3.63) is 69.0 Å². The second kappa shape index (κ2) is 8.30. The van der Waals surface area contributed by atoms with Gasteiger partial charge >= 0.3 is 0 Å². The van der Waals surface area contributed by atoms with Gasteiger partial charge in [-0.1, -0.05) is 11.6 Å². The van der Waals surface area contributed by atoms with E-state index in [9.17, 15) is 17.6 Å². The van der Waals surface area contributed by atoms with Gasteiger partial charge in [0.1, 0.15) is 10.0 Å². The van der Waals surface area contributed by atoms with E-state index >= 15 is 0 Å². The molecule has 0 fully saturated rings. The molecule has 2 heterocycles. The number of nitrogens with zero attached hydrogens (tertiary/aromatic N) is 2. The molecule has 0 atom stereocenters. The second-order valence-electron chi connectivity index (χ2n) is 5.60. The lowest BCUT2D eigenvalue weighted by molar-refractivity contribution is 0.537. The first-order chi connectivity index (χ1) is 12.8. The van der Waals surface area contributed by atoms with Crippen LogP contribution < -0.4 is 10.3 Å². The molecule has 0 aliphatic carbocycles. The standard InChI is InChI=1S/C17H15ClFN3O3S2/c18-15-7-9-17(26-15)27(24,25)20-10-1-11-22-16(23)8-6-14(21-22)12-2-4-13(19)5-3-12/h2-9,20H,1,10-11H2. The van der Waals surface area contributed by atoms with Gasteiger partial charge in [-0.05, 0) is 48.9 Å². The van der Waals surface area contributed by atoms with E-state index in [0.717, 1.165) is 11.3 Å². The molecule has 142 valence electrons. The number of benzene rings is 1. The quantitative estimate of drug-likeness (QED) is 0.587. The molecule has 3 aromatic rings. The molecule has 0 spiro atoms. The first-order valence-electron chi connectivity index (χ1n) is 7.94. The first-order valence-corrected chi connectivity index (χ1v) is 10.6. The molecule has 0 radical (unpaired) electrons. The van der Waals surface area contributed by atoms with Gasteiger partial charge in [-0.2, -0.15) is 5.10 Å². The lowest BCUT2D eigenvalue weighted by Crippen LogP contribution is -2.27. The maximum absolute atomic E-state index is 13.0. The van der Waals surface area contributed by atoms with Gasteiger partial charge in [-0.3, -0.25) is 4.79 Å². The normalized spacial score (nSPS) is 11.6. The molecule has 2 aromatic heterocycles. The fourth-order valence-electron chi connectivity index (χ4n) is 2.33. The number of sulfonamides is 1. The van der Waals surface area contributed by atoms with Crippen molar-refractivity contribution in [2.24, 2.45) is 0 Å². The molecule has 0 saturated carbocycles. The zero-order chi connectivity index (χ0) is 19.4. The monoisotopic (exact) mass is 427 g/mol. The van der Waals surface area contributed by atoms with Gasteiger partial charge in [-0.25, -0.2) is 22.2 Å². The number of halogens is 2. The smallest absolute Gasteiger partial charge is 0.266 e. The molecule has 10 heteroatoms. The zero-order valence-corrected chi connectivity index (χ0v) is 16.3. The highest BCUT2D eigenvalue weighted by atomic mass is 35.5. The Morgan fingerprint density at radius 2 is 1.85 bits per heavy atom. The fourth-order valence-corrected chi connectivity index (χ4v) is 4.93. The van der Waals surface area contributed by atoms with Gasteiger partial charge in [0.2, 0.25) is 10.0 Å². The van der Waals surface area contributed by atoms with E-state index in [1.807, 2.05) is 0 Å². The van der Waals surface area contributed by atoms with Crippen molar-refractivity contribution in [1.82, 2.24) is 14.5 Å². The van der Waals surface area contributed by atoms with Crippen molar-refractivity contribution in [2.45, 2.75) is 17.2 Å². The first kappa shape index (κ1) is 19.7. The summed E-state index contributed by atoms with van der Waals surface area (Å²) in [6, 6.07) is 11.7. The topological polar surface area (TPSA) is 81.1 Å². The number of aryl methyl sites for hydroxylation is 1.